The topological polar surface area (TPSA) is 89.3 Å². The lowest BCUT2D eigenvalue weighted by molar-refractivity contribution is -0.385. The van der Waals surface area contributed by atoms with Crippen molar-refractivity contribution in [2.45, 2.75) is 25.5 Å². The maximum absolute atomic E-state index is 11.6. The zero-order valence-electron chi connectivity index (χ0n) is 11.4. The first-order chi connectivity index (χ1) is 8.54. The van der Waals surface area contributed by atoms with Gasteiger partial charge >= 0.3 is 0 Å². The lowest BCUT2D eigenvalue weighted by Gasteiger charge is -2.23. The second-order valence-corrected chi connectivity index (χ2v) is 7.79. The van der Waals surface area contributed by atoms with Crippen molar-refractivity contribution in [2.75, 3.05) is 18.1 Å². The van der Waals surface area contributed by atoms with Gasteiger partial charge in [-0.3, -0.25) is 10.1 Å². The van der Waals surface area contributed by atoms with Gasteiger partial charge in [0.1, 0.15) is 0 Å². The molecule has 1 N–H and O–H groups in total. The normalized spacial score (nSPS) is 12.2. The summed E-state index contributed by atoms with van der Waals surface area (Å²) >= 11 is 0. The molecular weight excluding hydrogens is 268 g/mol. The highest BCUT2D eigenvalue weighted by molar-refractivity contribution is 7.92. The highest BCUT2D eigenvalue weighted by Crippen LogP contribution is 2.23. The Kier molecular flexibility index (Phi) is 4.19. The molecule has 6 nitrogen and oxygen atoms in total. The summed E-state index contributed by atoms with van der Waals surface area (Å²) in [5.74, 6) is 0. The molecule has 0 atom stereocenters. The molecule has 0 fully saturated rings. The van der Waals surface area contributed by atoms with E-state index in [1.807, 2.05) is 0 Å². The van der Waals surface area contributed by atoms with Gasteiger partial charge in [0.15, 0.2) is 9.84 Å². The van der Waals surface area contributed by atoms with Crippen molar-refractivity contribution >= 4 is 21.2 Å². The number of nitrogens with one attached hydrogen (secondary N) is 1. The number of nitro benzene ring substituents is 1. The molecule has 0 aliphatic carbocycles. The maximum atomic E-state index is 11.6. The SMILES string of the molecule is Cc1ccc(NCC(C)(C)S(C)(=O)=O)cc1[N+](=O)[O-]. The minimum Gasteiger partial charge on any atom is -0.383 e. The molecule has 1 aromatic rings. The third-order valence-electron chi connectivity index (χ3n) is 3.13. The number of nitrogens with zero attached hydrogens (tertiary/aromatic N) is 1. The molecule has 1 aromatic carbocycles. The molecular formula is C12H18N2O4S. The molecule has 1 rings (SSSR count). The Morgan fingerprint density at radius 2 is 1.95 bits per heavy atom. The fourth-order valence-corrected chi connectivity index (χ4v) is 1.70. The first-order valence-corrected chi connectivity index (χ1v) is 7.62. The predicted molar refractivity (Wildman–Crippen MR) is 75.2 cm³/mol. The zero-order valence-corrected chi connectivity index (χ0v) is 12.2. The van der Waals surface area contributed by atoms with Crippen molar-refractivity contribution in [3.63, 3.8) is 0 Å². The Labute approximate surface area is 112 Å². The highest BCUT2D eigenvalue weighted by Gasteiger charge is 2.29. The van der Waals surface area contributed by atoms with Gasteiger partial charge in [0.05, 0.1) is 9.67 Å². The van der Waals surface area contributed by atoms with Crippen LogP contribution in [0.3, 0.4) is 0 Å². The van der Waals surface area contributed by atoms with Crippen molar-refractivity contribution in [3.8, 4) is 0 Å². The fourth-order valence-electron chi connectivity index (χ4n) is 1.36. The average Bonchev–Trinajstić information content (AvgIpc) is 2.26. The van der Waals surface area contributed by atoms with Gasteiger partial charge in [-0.25, -0.2) is 8.42 Å². The van der Waals surface area contributed by atoms with E-state index in [0.29, 0.717) is 11.3 Å². The Morgan fingerprint density at radius 1 is 1.37 bits per heavy atom. The Bertz CT molecular complexity index is 594. The van der Waals surface area contributed by atoms with Crippen LogP contribution in [0.25, 0.3) is 0 Å². The van der Waals surface area contributed by atoms with Crippen LogP contribution in [-0.4, -0.2) is 30.9 Å². The van der Waals surface area contributed by atoms with E-state index in [9.17, 15) is 18.5 Å². The van der Waals surface area contributed by atoms with Crippen molar-refractivity contribution in [2.24, 2.45) is 0 Å². The Hall–Kier alpha value is -1.63. The second kappa shape index (κ2) is 5.16. The van der Waals surface area contributed by atoms with Crippen molar-refractivity contribution in [1.29, 1.82) is 0 Å². The van der Waals surface area contributed by atoms with E-state index in [2.05, 4.69) is 5.32 Å². The smallest absolute Gasteiger partial charge is 0.274 e. The molecule has 0 saturated carbocycles. The third kappa shape index (κ3) is 3.66. The molecule has 0 aliphatic rings. The monoisotopic (exact) mass is 286 g/mol. The number of benzene rings is 1. The van der Waals surface area contributed by atoms with E-state index >= 15 is 0 Å². The fraction of sp³-hybridized carbons (Fsp3) is 0.500. The van der Waals surface area contributed by atoms with Crippen LogP contribution in [0.2, 0.25) is 0 Å². The summed E-state index contributed by atoms with van der Waals surface area (Å²) in [6.07, 6.45) is 1.17. The first-order valence-electron chi connectivity index (χ1n) is 5.73. The van der Waals surface area contributed by atoms with E-state index < -0.39 is 19.5 Å². The number of rotatable bonds is 5. The molecule has 0 bridgehead atoms. The molecule has 0 aliphatic heterocycles. The second-order valence-electron chi connectivity index (χ2n) is 5.14. The summed E-state index contributed by atoms with van der Waals surface area (Å²) in [6.45, 7) is 5.06. The number of sulfone groups is 1. The van der Waals surface area contributed by atoms with E-state index in [1.54, 1.807) is 32.9 Å². The van der Waals surface area contributed by atoms with Crippen LogP contribution in [0.15, 0.2) is 18.2 Å². The number of nitro groups is 1. The largest absolute Gasteiger partial charge is 0.383 e. The number of hydrogen-bond acceptors (Lipinski definition) is 5. The van der Waals surface area contributed by atoms with Gasteiger partial charge in [-0.05, 0) is 26.8 Å². The lowest BCUT2D eigenvalue weighted by Crippen LogP contribution is -2.38. The molecule has 0 radical (unpaired) electrons. The van der Waals surface area contributed by atoms with Crippen LogP contribution >= 0.6 is 0 Å². The molecule has 0 spiro atoms. The molecule has 0 heterocycles. The summed E-state index contributed by atoms with van der Waals surface area (Å²) in [6, 6.07) is 4.74. The predicted octanol–water partition coefficient (Wildman–Crippen LogP) is 2.14. The van der Waals surface area contributed by atoms with Gasteiger partial charge in [-0.2, -0.15) is 0 Å². The molecule has 19 heavy (non-hydrogen) atoms. The summed E-state index contributed by atoms with van der Waals surface area (Å²) in [4.78, 5) is 10.4. The van der Waals surface area contributed by atoms with Gasteiger partial charge in [0.25, 0.3) is 5.69 Å². The van der Waals surface area contributed by atoms with Crippen LogP contribution in [0.1, 0.15) is 19.4 Å². The standard InChI is InChI=1S/C12H18N2O4S/c1-9-5-6-10(7-11(9)14(15)16)13-8-12(2,3)19(4,17)18/h5-7,13H,8H2,1-4H3. The van der Waals surface area contributed by atoms with Gasteiger partial charge in [-0.1, -0.05) is 6.07 Å². The molecule has 0 saturated heterocycles. The van der Waals surface area contributed by atoms with E-state index in [4.69, 9.17) is 0 Å². The van der Waals surface area contributed by atoms with Crippen LogP contribution in [0.5, 0.6) is 0 Å². The molecule has 7 heteroatoms. The minimum absolute atomic E-state index is 0.0159. The summed E-state index contributed by atoms with van der Waals surface area (Å²) in [5, 5.41) is 13.7. The van der Waals surface area contributed by atoms with Crippen LogP contribution in [0.4, 0.5) is 11.4 Å². The molecule has 106 valence electrons. The lowest BCUT2D eigenvalue weighted by atomic mass is 10.1. The average molecular weight is 286 g/mol. The summed E-state index contributed by atoms with van der Waals surface area (Å²) in [7, 11) is -3.20. The van der Waals surface area contributed by atoms with Crippen LogP contribution in [-0.2, 0) is 9.84 Å². The molecule has 0 aromatic heterocycles. The quantitative estimate of drug-likeness (QED) is 0.661. The molecule has 0 amide bonds. The van der Waals surface area contributed by atoms with Crippen molar-refractivity contribution in [3.05, 3.63) is 33.9 Å². The summed E-state index contributed by atoms with van der Waals surface area (Å²) in [5.41, 5.74) is 1.12. The van der Waals surface area contributed by atoms with Crippen LogP contribution < -0.4 is 5.32 Å². The number of hydrogen-bond donors (Lipinski definition) is 1. The van der Waals surface area contributed by atoms with Crippen molar-refractivity contribution in [1.82, 2.24) is 0 Å². The van der Waals surface area contributed by atoms with E-state index in [1.165, 1.54) is 12.3 Å². The Balaban J connectivity index is 2.91. The van der Waals surface area contributed by atoms with E-state index in [-0.39, 0.29) is 12.2 Å². The van der Waals surface area contributed by atoms with Crippen molar-refractivity contribution < 1.29 is 13.3 Å². The van der Waals surface area contributed by atoms with Gasteiger partial charge in [0, 0.05) is 30.1 Å². The zero-order chi connectivity index (χ0) is 14.8. The highest BCUT2D eigenvalue weighted by atomic mass is 32.2. The van der Waals surface area contributed by atoms with Crippen LogP contribution in [0, 0.1) is 17.0 Å². The van der Waals surface area contributed by atoms with Gasteiger partial charge in [-0.15, -0.1) is 0 Å². The maximum Gasteiger partial charge on any atom is 0.274 e. The number of aryl methyl sites for hydroxylation is 1. The van der Waals surface area contributed by atoms with E-state index in [0.717, 1.165) is 0 Å². The van der Waals surface area contributed by atoms with Gasteiger partial charge in [0.2, 0.25) is 0 Å². The first kappa shape index (κ1) is 15.4. The third-order valence-corrected chi connectivity index (χ3v) is 5.28. The Morgan fingerprint density at radius 3 is 2.42 bits per heavy atom. The molecule has 0 unspecified atom stereocenters. The van der Waals surface area contributed by atoms with Gasteiger partial charge < -0.3 is 5.32 Å². The minimum atomic E-state index is -3.20. The number of anilines is 1. The summed E-state index contributed by atoms with van der Waals surface area (Å²) < 4.78 is 22.2.